The Bertz CT molecular complexity index is 843. The number of aryl methyl sites for hydroxylation is 2. The van der Waals surface area contributed by atoms with Crippen molar-refractivity contribution in [1.29, 1.82) is 0 Å². The maximum atomic E-state index is 13.0. The highest BCUT2D eigenvalue weighted by atomic mass is 16.5. The summed E-state index contributed by atoms with van der Waals surface area (Å²) in [5.74, 6) is 0.724. The second-order valence-corrected chi connectivity index (χ2v) is 7.73. The monoisotopic (exact) mass is 322 g/mol. The van der Waals surface area contributed by atoms with Crippen molar-refractivity contribution < 1.29 is 9.32 Å². The van der Waals surface area contributed by atoms with Crippen LogP contribution in [0.2, 0.25) is 0 Å². The van der Waals surface area contributed by atoms with Crippen molar-refractivity contribution in [2.75, 3.05) is 5.32 Å². The summed E-state index contributed by atoms with van der Waals surface area (Å²) in [7, 11) is 0. The molecule has 2 unspecified atom stereocenters. The summed E-state index contributed by atoms with van der Waals surface area (Å²) in [5.41, 5.74) is 5.01. The molecule has 2 aromatic rings. The van der Waals surface area contributed by atoms with Crippen molar-refractivity contribution in [3.8, 4) is 0 Å². The second-order valence-electron chi connectivity index (χ2n) is 7.73. The number of Topliss-reactive ketones (excluding diaryl/α,β-unsaturated/α-hetero) is 1. The number of hydrogen-bond acceptors (Lipinski definition) is 4. The van der Waals surface area contributed by atoms with Crippen LogP contribution in [0.4, 0.5) is 5.88 Å². The molecule has 0 fully saturated rings. The van der Waals surface area contributed by atoms with Crippen LogP contribution in [0, 0.1) is 25.2 Å². The summed E-state index contributed by atoms with van der Waals surface area (Å²) < 4.78 is 5.50. The number of fused-ring (bicyclic) bond motifs is 2. The SMILES string of the molecule is Cc1ccc(C2c3c(C)noc3NC3=CC(C)(C)CC(=O)C32)cc1. The molecule has 4 nitrogen and oxygen atoms in total. The van der Waals surface area contributed by atoms with Gasteiger partial charge in [0.1, 0.15) is 5.78 Å². The summed E-state index contributed by atoms with van der Waals surface area (Å²) in [5, 5.41) is 7.46. The third-order valence-electron chi connectivity index (χ3n) is 5.10. The van der Waals surface area contributed by atoms with Gasteiger partial charge in [0.15, 0.2) is 0 Å². The maximum absolute atomic E-state index is 13.0. The molecular formula is C20H22N2O2. The molecule has 124 valence electrons. The molecule has 1 aromatic heterocycles. The topological polar surface area (TPSA) is 55.1 Å². The zero-order chi connectivity index (χ0) is 17.1. The zero-order valence-corrected chi connectivity index (χ0v) is 14.5. The Hall–Kier alpha value is -2.36. The Morgan fingerprint density at radius 2 is 1.88 bits per heavy atom. The number of carbonyl (C=O) groups excluding carboxylic acids is 1. The van der Waals surface area contributed by atoms with Crippen LogP contribution in [-0.4, -0.2) is 10.9 Å². The maximum Gasteiger partial charge on any atom is 0.232 e. The van der Waals surface area contributed by atoms with Crippen molar-refractivity contribution in [3.05, 3.63) is 58.4 Å². The van der Waals surface area contributed by atoms with Gasteiger partial charge in [0.2, 0.25) is 5.88 Å². The van der Waals surface area contributed by atoms with Crippen molar-refractivity contribution in [2.45, 2.75) is 40.0 Å². The van der Waals surface area contributed by atoms with E-state index in [0.717, 1.165) is 22.5 Å². The van der Waals surface area contributed by atoms with E-state index >= 15 is 0 Å². The molecule has 2 aliphatic rings. The molecular weight excluding hydrogens is 300 g/mol. The number of aromatic nitrogens is 1. The summed E-state index contributed by atoms with van der Waals surface area (Å²) in [4.78, 5) is 13.0. The van der Waals surface area contributed by atoms with Crippen LogP contribution < -0.4 is 5.32 Å². The number of ketones is 1. The number of benzene rings is 1. The molecule has 0 radical (unpaired) electrons. The van der Waals surface area contributed by atoms with E-state index in [9.17, 15) is 4.79 Å². The molecule has 1 aliphatic heterocycles. The summed E-state index contributed by atoms with van der Waals surface area (Å²) in [6, 6.07) is 8.43. The Labute approximate surface area is 141 Å². The van der Waals surface area contributed by atoms with E-state index in [1.165, 1.54) is 5.56 Å². The second kappa shape index (κ2) is 5.07. The van der Waals surface area contributed by atoms with Gasteiger partial charge in [-0.1, -0.05) is 54.9 Å². The van der Waals surface area contributed by atoms with Crippen LogP contribution in [0.15, 0.2) is 40.6 Å². The summed E-state index contributed by atoms with van der Waals surface area (Å²) in [6.07, 6.45) is 2.74. The molecule has 1 aliphatic carbocycles. The van der Waals surface area contributed by atoms with Crippen molar-refractivity contribution >= 4 is 11.7 Å². The Kier molecular flexibility index (Phi) is 3.21. The van der Waals surface area contributed by atoms with Crippen LogP contribution >= 0.6 is 0 Å². The van der Waals surface area contributed by atoms with E-state index in [2.05, 4.69) is 61.6 Å². The molecule has 24 heavy (non-hydrogen) atoms. The number of allylic oxidation sites excluding steroid dienone is 2. The third kappa shape index (κ3) is 2.29. The predicted octanol–water partition coefficient (Wildman–Crippen LogP) is 4.35. The number of nitrogens with zero attached hydrogens (tertiary/aromatic N) is 1. The smallest absolute Gasteiger partial charge is 0.232 e. The van der Waals surface area contributed by atoms with Crippen LogP contribution in [0.5, 0.6) is 0 Å². The average Bonchev–Trinajstić information content (AvgIpc) is 2.86. The lowest BCUT2D eigenvalue weighted by molar-refractivity contribution is -0.124. The van der Waals surface area contributed by atoms with Gasteiger partial charge in [0.25, 0.3) is 0 Å². The van der Waals surface area contributed by atoms with Gasteiger partial charge in [-0.15, -0.1) is 0 Å². The highest BCUT2D eigenvalue weighted by Gasteiger charge is 2.45. The first-order valence-corrected chi connectivity index (χ1v) is 8.41. The molecule has 1 aromatic carbocycles. The Morgan fingerprint density at radius 1 is 1.17 bits per heavy atom. The molecule has 0 saturated heterocycles. The highest BCUT2D eigenvalue weighted by molar-refractivity contribution is 5.90. The molecule has 4 rings (SSSR count). The molecule has 2 heterocycles. The summed E-state index contributed by atoms with van der Waals surface area (Å²) >= 11 is 0. The molecule has 0 saturated carbocycles. The first kappa shape index (κ1) is 15.2. The summed E-state index contributed by atoms with van der Waals surface area (Å²) in [6.45, 7) is 8.20. The molecule has 1 N–H and O–H groups in total. The van der Waals surface area contributed by atoms with Crippen molar-refractivity contribution in [2.24, 2.45) is 11.3 Å². The Balaban J connectivity index is 1.93. The largest absolute Gasteiger partial charge is 0.338 e. The number of anilines is 1. The fourth-order valence-electron chi connectivity index (χ4n) is 4.04. The quantitative estimate of drug-likeness (QED) is 0.848. The molecule has 2 atom stereocenters. The number of hydrogen-bond donors (Lipinski definition) is 1. The highest BCUT2D eigenvalue weighted by Crippen LogP contribution is 2.50. The van der Waals surface area contributed by atoms with Gasteiger partial charge >= 0.3 is 0 Å². The zero-order valence-electron chi connectivity index (χ0n) is 14.5. The van der Waals surface area contributed by atoms with Crippen LogP contribution in [0.3, 0.4) is 0 Å². The van der Waals surface area contributed by atoms with Crippen LogP contribution in [-0.2, 0) is 4.79 Å². The fourth-order valence-corrected chi connectivity index (χ4v) is 4.04. The minimum Gasteiger partial charge on any atom is -0.338 e. The third-order valence-corrected chi connectivity index (χ3v) is 5.10. The van der Waals surface area contributed by atoms with Gasteiger partial charge in [0.05, 0.1) is 11.6 Å². The normalized spacial score (nSPS) is 24.7. The van der Waals surface area contributed by atoms with E-state index in [-0.39, 0.29) is 23.0 Å². The van der Waals surface area contributed by atoms with E-state index in [1.54, 1.807) is 0 Å². The van der Waals surface area contributed by atoms with E-state index in [4.69, 9.17) is 4.52 Å². The molecule has 0 amide bonds. The van der Waals surface area contributed by atoms with Crippen LogP contribution in [0.25, 0.3) is 0 Å². The van der Waals surface area contributed by atoms with Gasteiger partial charge in [-0.2, -0.15) is 0 Å². The van der Waals surface area contributed by atoms with E-state index < -0.39 is 0 Å². The molecule has 0 spiro atoms. The molecule has 0 bridgehead atoms. The van der Waals surface area contributed by atoms with Gasteiger partial charge in [-0.3, -0.25) is 4.79 Å². The lowest BCUT2D eigenvalue weighted by Gasteiger charge is -2.39. The first-order valence-electron chi connectivity index (χ1n) is 8.41. The minimum absolute atomic E-state index is 0.0389. The van der Waals surface area contributed by atoms with Gasteiger partial charge in [-0.25, -0.2) is 0 Å². The van der Waals surface area contributed by atoms with Crippen molar-refractivity contribution in [1.82, 2.24) is 5.16 Å². The Morgan fingerprint density at radius 3 is 2.58 bits per heavy atom. The van der Waals surface area contributed by atoms with Gasteiger partial charge in [-0.05, 0) is 24.8 Å². The van der Waals surface area contributed by atoms with Gasteiger partial charge < -0.3 is 9.84 Å². The van der Waals surface area contributed by atoms with Gasteiger partial charge in [0, 0.05) is 23.6 Å². The van der Waals surface area contributed by atoms with Crippen molar-refractivity contribution in [3.63, 3.8) is 0 Å². The molecule has 4 heteroatoms. The van der Waals surface area contributed by atoms with Crippen LogP contribution in [0.1, 0.15) is 48.6 Å². The number of carbonyl (C=O) groups is 1. The number of rotatable bonds is 1. The van der Waals surface area contributed by atoms with E-state index in [1.807, 2.05) is 6.92 Å². The predicted molar refractivity (Wildman–Crippen MR) is 92.9 cm³/mol. The standard InChI is InChI=1S/C20H22N2O2/c1-11-5-7-13(8-6-11)17-16-12(2)22-24-19(16)21-14-9-20(3,4)10-15(23)18(14)17/h5-9,17-18,21H,10H2,1-4H3. The average molecular weight is 322 g/mol. The lowest BCUT2D eigenvalue weighted by Crippen LogP contribution is -2.38. The first-order chi connectivity index (χ1) is 11.4. The minimum atomic E-state index is -0.189. The number of nitrogens with one attached hydrogen (secondary N) is 1. The fraction of sp³-hybridized carbons (Fsp3) is 0.400. The lowest BCUT2D eigenvalue weighted by atomic mass is 9.67. The van der Waals surface area contributed by atoms with E-state index in [0.29, 0.717) is 12.3 Å².